The molecule has 0 heterocycles. The first-order valence-electron chi connectivity index (χ1n) is 28.1. The van der Waals surface area contributed by atoms with E-state index in [0.717, 1.165) is 103 Å². The van der Waals surface area contributed by atoms with Crippen LogP contribution in [0.25, 0.3) is 0 Å². The van der Waals surface area contributed by atoms with Crippen LogP contribution in [0.3, 0.4) is 0 Å². The van der Waals surface area contributed by atoms with Crippen LogP contribution in [0.2, 0.25) is 0 Å². The Balaban J connectivity index is 4.37. The van der Waals surface area contributed by atoms with E-state index in [1.165, 1.54) is 148 Å². The highest BCUT2D eigenvalue weighted by molar-refractivity contribution is 5.71. The van der Waals surface area contributed by atoms with Crippen LogP contribution >= 0.6 is 0 Å². The van der Waals surface area contributed by atoms with Crippen LogP contribution in [0.1, 0.15) is 290 Å². The van der Waals surface area contributed by atoms with Gasteiger partial charge in [-0.25, -0.2) is 0 Å². The molecule has 0 radical (unpaired) electrons. The molecule has 0 aliphatic heterocycles. The number of esters is 3. The lowest BCUT2D eigenvalue weighted by molar-refractivity contribution is -0.167. The zero-order chi connectivity index (χ0) is 47.2. The third-order valence-electron chi connectivity index (χ3n) is 12.3. The molecule has 0 aromatic heterocycles. The van der Waals surface area contributed by atoms with Crippen molar-refractivity contribution in [1.29, 1.82) is 0 Å². The third kappa shape index (κ3) is 52.2. The van der Waals surface area contributed by atoms with E-state index in [0.29, 0.717) is 19.3 Å². The van der Waals surface area contributed by atoms with Crippen LogP contribution in [0.15, 0.2) is 48.6 Å². The van der Waals surface area contributed by atoms with Crippen molar-refractivity contribution in [2.24, 2.45) is 0 Å². The zero-order valence-corrected chi connectivity index (χ0v) is 43.3. The van der Waals surface area contributed by atoms with Crippen LogP contribution in [-0.4, -0.2) is 37.2 Å². The maximum Gasteiger partial charge on any atom is 0.306 e. The van der Waals surface area contributed by atoms with E-state index in [9.17, 15) is 14.4 Å². The molecule has 65 heavy (non-hydrogen) atoms. The van der Waals surface area contributed by atoms with E-state index >= 15 is 0 Å². The molecular formula is C59H106O6. The fourth-order valence-corrected chi connectivity index (χ4v) is 8.02. The standard InChI is InChI=1S/C59H106O6/c1-4-7-10-13-16-19-22-25-28-29-30-32-34-37-40-43-46-49-52-58(61)64-55-56(54-63-57(60)51-48-45-42-39-36-33-27-24-21-18-15-12-9-6-3)65-59(62)53-50-47-44-41-38-35-31-26-23-20-17-14-11-8-5-2/h15,17-18,20,24,26-27,31,56H,4-14,16,19,21-23,25,28-30,32-55H2,1-3H3/b18-15-,20-17-,27-24-,31-26-/t56-/m1/s1. The molecule has 1 atom stereocenters. The number of hydrogen-bond acceptors (Lipinski definition) is 6. The van der Waals surface area contributed by atoms with Gasteiger partial charge in [-0.3, -0.25) is 14.4 Å². The lowest BCUT2D eigenvalue weighted by Gasteiger charge is -2.18. The van der Waals surface area contributed by atoms with Crippen LogP contribution in [0.5, 0.6) is 0 Å². The van der Waals surface area contributed by atoms with Gasteiger partial charge in [-0.1, -0.05) is 243 Å². The Morgan fingerprint density at radius 3 is 0.923 bits per heavy atom. The Morgan fingerprint density at radius 1 is 0.308 bits per heavy atom. The Hall–Kier alpha value is -2.63. The van der Waals surface area contributed by atoms with Crippen molar-refractivity contribution in [3.8, 4) is 0 Å². The summed E-state index contributed by atoms with van der Waals surface area (Å²) in [5, 5.41) is 0. The number of carbonyl (C=O) groups is 3. The summed E-state index contributed by atoms with van der Waals surface area (Å²) in [5.41, 5.74) is 0. The van der Waals surface area contributed by atoms with Crippen molar-refractivity contribution in [3.63, 3.8) is 0 Å². The van der Waals surface area contributed by atoms with E-state index in [1.54, 1.807) is 0 Å². The number of unbranched alkanes of at least 4 members (excludes halogenated alkanes) is 32. The molecule has 0 unspecified atom stereocenters. The number of rotatable bonds is 51. The average Bonchev–Trinajstić information content (AvgIpc) is 3.30. The van der Waals surface area contributed by atoms with Crippen molar-refractivity contribution in [2.45, 2.75) is 297 Å². The van der Waals surface area contributed by atoms with Crippen LogP contribution in [-0.2, 0) is 28.6 Å². The molecule has 0 amide bonds. The summed E-state index contributed by atoms with van der Waals surface area (Å²) in [5.74, 6) is -0.897. The van der Waals surface area contributed by atoms with Gasteiger partial charge in [0.2, 0.25) is 0 Å². The van der Waals surface area contributed by atoms with Gasteiger partial charge in [-0.2, -0.15) is 0 Å². The maximum atomic E-state index is 12.8. The van der Waals surface area contributed by atoms with Gasteiger partial charge in [0.25, 0.3) is 0 Å². The minimum Gasteiger partial charge on any atom is -0.462 e. The number of carbonyl (C=O) groups excluding carboxylic acids is 3. The van der Waals surface area contributed by atoms with Gasteiger partial charge in [-0.05, 0) is 77.0 Å². The highest BCUT2D eigenvalue weighted by atomic mass is 16.6. The quantitative estimate of drug-likeness (QED) is 0.0262. The van der Waals surface area contributed by atoms with Gasteiger partial charge >= 0.3 is 17.9 Å². The molecule has 0 fully saturated rings. The Bertz CT molecular complexity index is 1140. The van der Waals surface area contributed by atoms with Crippen molar-refractivity contribution in [2.75, 3.05) is 13.2 Å². The molecule has 0 saturated carbocycles. The highest BCUT2D eigenvalue weighted by Gasteiger charge is 2.19. The van der Waals surface area contributed by atoms with Crippen LogP contribution < -0.4 is 0 Å². The topological polar surface area (TPSA) is 78.9 Å². The molecular weight excluding hydrogens is 805 g/mol. The summed E-state index contributed by atoms with van der Waals surface area (Å²) in [6, 6.07) is 0. The summed E-state index contributed by atoms with van der Waals surface area (Å²) in [6.07, 6.45) is 65.2. The minimum absolute atomic E-state index is 0.0807. The van der Waals surface area contributed by atoms with Crippen molar-refractivity contribution in [3.05, 3.63) is 48.6 Å². The summed E-state index contributed by atoms with van der Waals surface area (Å²) >= 11 is 0. The predicted octanol–water partition coefficient (Wildman–Crippen LogP) is 18.7. The van der Waals surface area contributed by atoms with Gasteiger partial charge in [0.05, 0.1) is 0 Å². The summed E-state index contributed by atoms with van der Waals surface area (Å²) in [6.45, 7) is 6.58. The van der Waals surface area contributed by atoms with Crippen molar-refractivity contribution < 1.29 is 28.6 Å². The Kier molecular flexibility index (Phi) is 51.8. The maximum absolute atomic E-state index is 12.8. The van der Waals surface area contributed by atoms with Gasteiger partial charge in [0.1, 0.15) is 13.2 Å². The molecule has 0 aromatic rings. The van der Waals surface area contributed by atoms with Crippen molar-refractivity contribution >= 4 is 17.9 Å². The molecule has 0 aliphatic rings. The van der Waals surface area contributed by atoms with E-state index in [4.69, 9.17) is 14.2 Å². The monoisotopic (exact) mass is 911 g/mol. The predicted molar refractivity (Wildman–Crippen MR) is 279 cm³/mol. The summed E-state index contributed by atoms with van der Waals surface area (Å²) in [4.78, 5) is 38.1. The first-order valence-corrected chi connectivity index (χ1v) is 28.1. The number of allylic oxidation sites excluding steroid dienone is 8. The van der Waals surface area contributed by atoms with E-state index < -0.39 is 6.10 Å². The smallest absolute Gasteiger partial charge is 0.306 e. The first kappa shape index (κ1) is 62.4. The molecule has 378 valence electrons. The van der Waals surface area contributed by atoms with E-state index in [1.807, 2.05) is 0 Å². The molecule has 0 bridgehead atoms. The molecule has 0 saturated heterocycles. The lowest BCUT2D eigenvalue weighted by Crippen LogP contribution is -2.30. The van der Waals surface area contributed by atoms with Gasteiger partial charge < -0.3 is 14.2 Å². The number of hydrogen-bond donors (Lipinski definition) is 0. The molecule has 6 nitrogen and oxygen atoms in total. The van der Waals surface area contributed by atoms with Crippen LogP contribution in [0.4, 0.5) is 0 Å². The van der Waals surface area contributed by atoms with Gasteiger partial charge in [0, 0.05) is 19.3 Å². The Morgan fingerprint density at radius 2 is 0.569 bits per heavy atom. The van der Waals surface area contributed by atoms with Crippen molar-refractivity contribution in [1.82, 2.24) is 0 Å². The van der Waals surface area contributed by atoms with E-state index in [-0.39, 0.29) is 31.1 Å². The minimum atomic E-state index is -0.784. The number of ether oxygens (including phenoxy) is 3. The fourth-order valence-electron chi connectivity index (χ4n) is 8.02. The van der Waals surface area contributed by atoms with Gasteiger partial charge in [0.15, 0.2) is 6.10 Å². The second kappa shape index (κ2) is 54.0. The molecule has 0 rings (SSSR count). The molecule has 0 spiro atoms. The van der Waals surface area contributed by atoms with Crippen LogP contribution in [0, 0.1) is 0 Å². The summed E-state index contributed by atoms with van der Waals surface area (Å²) in [7, 11) is 0. The normalized spacial score (nSPS) is 12.4. The van der Waals surface area contributed by atoms with Gasteiger partial charge in [-0.15, -0.1) is 0 Å². The highest BCUT2D eigenvalue weighted by Crippen LogP contribution is 2.16. The second-order valence-corrected chi connectivity index (χ2v) is 18.8. The SMILES string of the molecule is CCCC/C=C\C/C=C\CCCCCCCC(=O)OC[C@H](COC(=O)CCCCCCCCCCCCCCCCCCCC)OC(=O)CCCCCCC/C=C\C/C=C\CCCCC. The molecule has 0 aliphatic carbocycles. The molecule has 0 aromatic carbocycles. The lowest BCUT2D eigenvalue weighted by atomic mass is 10.0. The Labute approximate surface area is 403 Å². The van der Waals surface area contributed by atoms with E-state index in [2.05, 4.69) is 69.4 Å². The summed E-state index contributed by atoms with van der Waals surface area (Å²) < 4.78 is 16.8. The molecule has 6 heteroatoms. The fraction of sp³-hybridized carbons (Fsp3) is 0.814. The third-order valence-corrected chi connectivity index (χ3v) is 12.3. The average molecular weight is 911 g/mol. The second-order valence-electron chi connectivity index (χ2n) is 18.8. The largest absolute Gasteiger partial charge is 0.462 e. The first-order chi connectivity index (χ1) is 32.0. The molecule has 0 N–H and O–H groups in total. The zero-order valence-electron chi connectivity index (χ0n) is 43.3.